The van der Waals surface area contributed by atoms with E-state index in [0.717, 1.165) is 5.56 Å². The van der Waals surface area contributed by atoms with Crippen LogP contribution in [0.3, 0.4) is 0 Å². The summed E-state index contributed by atoms with van der Waals surface area (Å²) in [5, 5.41) is 12.5. The Morgan fingerprint density at radius 2 is 2.07 bits per heavy atom. The first-order valence-electron chi connectivity index (χ1n) is 3.85. The van der Waals surface area contributed by atoms with Gasteiger partial charge >= 0.3 is 5.97 Å². The second kappa shape index (κ2) is 3.55. The van der Waals surface area contributed by atoms with Crippen molar-refractivity contribution in [1.82, 2.24) is 9.97 Å². The zero-order chi connectivity index (χ0) is 9.97. The quantitative estimate of drug-likeness (QED) is 0.815. The van der Waals surface area contributed by atoms with Gasteiger partial charge in [-0.3, -0.25) is 0 Å². The molecule has 0 amide bonds. The fraction of sp³-hybridized carbons (Fsp3) is 0. The number of carboxylic acids is 1. The third-order valence-corrected chi connectivity index (χ3v) is 2.36. The molecular formula is C9H6N2O2S. The smallest absolute Gasteiger partial charge is 0.338 e. The highest BCUT2D eigenvalue weighted by molar-refractivity contribution is 7.08. The Labute approximate surface area is 83.9 Å². The van der Waals surface area contributed by atoms with Gasteiger partial charge in [-0.05, 0) is 11.4 Å². The summed E-state index contributed by atoms with van der Waals surface area (Å²) in [5.74, 6) is -0.460. The number of hydrogen-bond donors (Lipinski definition) is 1. The van der Waals surface area contributed by atoms with Gasteiger partial charge in [0.2, 0.25) is 0 Å². The van der Waals surface area contributed by atoms with Gasteiger partial charge in [-0.25, -0.2) is 14.8 Å². The molecule has 2 aromatic rings. The van der Waals surface area contributed by atoms with E-state index in [4.69, 9.17) is 5.11 Å². The molecule has 70 valence electrons. The van der Waals surface area contributed by atoms with Crippen molar-refractivity contribution in [2.45, 2.75) is 0 Å². The van der Waals surface area contributed by atoms with Gasteiger partial charge in [0, 0.05) is 23.3 Å². The van der Waals surface area contributed by atoms with Crippen LogP contribution in [0.15, 0.2) is 29.2 Å². The van der Waals surface area contributed by atoms with Crippen molar-refractivity contribution in [3.8, 4) is 11.4 Å². The lowest BCUT2D eigenvalue weighted by atomic mass is 10.3. The van der Waals surface area contributed by atoms with Gasteiger partial charge in [0.15, 0.2) is 5.82 Å². The standard InChI is InChI=1S/C9H6N2O2S/c12-9(13)7-3-10-8(11-4-7)6-1-2-14-5-6/h1-5H,(H,12,13). The number of aromatic carboxylic acids is 1. The molecule has 0 saturated carbocycles. The number of hydrogen-bond acceptors (Lipinski definition) is 4. The Morgan fingerprint density at radius 3 is 2.57 bits per heavy atom. The normalized spacial score (nSPS) is 10.0. The minimum absolute atomic E-state index is 0.101. The fourth-order valence-corrected chi connectivity index (χ4v) is 1.61. The second-order valence-electron chi connectivity index (χ2n) is 2.61. The third kappa shape index (κ3) is 1.62. The van der Waals surface area contributed by atoms with Gasteiger partial charge in [-0.1, -0.05) is 0 Å². The fourth-order valence-electron chi connectivity index (χ4n) is 0.979. The van der Waals surface area contributed by atoms with E-state index < -0.39 is 5.97 Å². The molecule has 0 fully saturated rings. The van der Waals surface area contributed by atoms with E-state index in [9.17, 15) is 4.79 Å². The van der Waals surface area contributed by atoms with E-state index in [1.54, 1.807) is 11.3 Å². The topological polar surface area (TPSA) is 63.1 Å². The number of rotatable bonds is 2. The summed E-state index contributed by atoms with van der Waals surface area (Å²) in [4.78, 5) is 18.4. The van der Waals surface area contributed by atoms with Crippen LogP contribution < -0.4 is 0 Å². The molecule has 0 radical (unpaired) electrons. The minimum Gasteiger partial charge on any atom is -0.478 e. The SMILES string of the molecule is O=C(O)c1cnc(-c2ccsc2)nc1. The van der Waals surface area contributed by atoms with Crippen LogP contribution in [-0.2, 0) is 0 Å². The maximum absolute atomic E-state index is 10.5. The van der Waals surface area contributed by atoms with Crippen molar-refractivity contribution in [3.63, 3.8) is 0 Å². The molecular weight excluding hydrogens is 200 g/mol. The summed E-state index contributed by atoms with van der Waals surface area (Å²) in [5.41, 5.74) is 1.01. The van der Waals surface area contributed by atoms with Crippen molar-refractivity contribution in [3.05, 3.63) is 34.8 Å². The van der Waals surface area contributed by atoms with E-state index >= 15 is 0 Å². The highest BCUT2D eigenvalue weighted by Gasteiger charge is 2.05. The average Bonchev–Trinajstić information content (AvgIpc) is 2.71. The average molecular weight is 206 g/mol. The summed E-state index contributed by atoms with van der Waals surface area (Å²) >= 11 is 1.55. The molecule has 4 nitrogen and oxygen atoms in total. The Morgan fingerprint density at radius 1 is 1.36 bits per heavy atom. The van der Waals surface area contributed by atoms with Crippen LogP contribution in [0.4, 0.5) is 0 Å². The maximum Gasteiger partial charge on any atom is 0.338 e. The molecule has 0 atom stereocenters. The number of carboxylic acid groups (broad SMARTS) is 1. The molecule has 14 heavy (non-hydrogen) atoms. The van der Waals surface area contributed by atoms with Crippen LogP contribution >= 0.6 is 11.3 Å². The molecule has 2 heterocycles. The van der Waals surface area contributed by atoms with Gasteiger partial charge in [0.1, 0.15) is 0 Å². The Hall–Kier alpha value is -1.75. The lowest BCUT2D eigenvalue weighted by Crippen LogP contribution is -1.99. The van der Waals surface area contributed by atoms with Crippen LogP contribution in [0.1, 0.15) is 10.4 Å². The van der Waals surface area contributed by atoms with Crippen LogP contribution in [0.25, 0.3) is 11.4 Å². The lowest BCUT2D eigenvalue weighted by molar-refractivity contribution is 0.0696. The predicted molar refractivity (Wildman–Crippen MR) is 52.3 cm³/mol. The first-order chi connectivity index (χ1) is 6.77. The van der Waals surface area contributed by atoms with E-state index in [2.05, 4.69) is 9.97 Å². The monoisotopic (exact) mass is 206 g/mol. The van der Waals surface area contributed by atoms with E-state index in [1.807, 2.05) is 16.8 Å². The molecule has 0 bridgehead atoms. The molecule has 0 spiro atoms. The molecule has 1 N–H and O–H groups in total. The zero-order valence-electron chi connectivity index (χ0n) is 7.04. The van der Waals surface area contributed by atoms with Crippen molar-refractivity contribution in [2.24, 2.45) is 0 Å². The summed E-state index contributed by atoms with van der Waals surface area (Å²) in [6.45, 7) is 0. The molecule has 0 aromatic carbocycles. The predicted octanol–water partition coefficient (Wildman–Crippen LogP) is 1.90. The molecule has 0 unspecified atom stereocenters. The number of thiophene rings is 1. The van der Waals surface area contributed by atoms with Gasteiger partial charge in [0.05, 0.1) is 5.56 Å². The molecule has 5 heteroatoms. The van der Waals surface area contributed by atoms with Gasteiger partial charge in [0.25, 0.3) is 0 Å². The largest absolute Gasteiger partial charge is 0.478 e. The summed E-state index contributed by atoms with van der Waals surface area (Å²) in [6, 6.07) is 1.89. The zero-order valence-corrected chi connectivity index (χ0v) is 7.86. The van der Waals surface area contributed by atoms with Crippen molar-refractivity contribution >= 4 is 17.3 Å². The molecule has 0 aliphatic rings. The molecule has 2 rings (SSSR count). The summed E-state index contributed by atoms with van der Waals surface area (Å²) < 4.78 is 0. The van der Waals surface area contributed by atoms with Gasteiger partial charge < -0.3 is 5.11 Å². The summed E-state index contributed by atoms with van der Waals surface area (Å²) in [6.07, 6.45) is 2.62. The molecule has 0 aliphatic heterocycles. The van der Waals surface area contributed by atoms with Crippen LogP contribution in [0.2, 0.25) is 0 Å². The van der Waals surface area contributed by atoms with E-state index in [0.29, 0.717) is 5.82 Å². The third-order valence-electron chi connectivity index (χ3n) is 1.68. The highest BCUT2D eigenvalue weighted by atomic mass is 32.1. The molecule has 0 aliphatic carbocycles. The Kier molecular flexibility index (Phi) is 2.24. The van der Waals surface area contributed by atoms with E-state index in [-0.39, 0.29) is 5.56 Å². The first kappa shape index (κ1) is 8.83. The number of aromatic nitrogens is 2. The summed E-state index contributed by atoms with van der Waals surface area (Å²) in [7, 11) is 0. The van der Waals surface area contributed by atoms with Crippen LogP contribution in [-0.4, -0.2) is 21.0 Å². The molecule has 0 saturated heterocycles. The highest BCUT2D eigenvalue weighted by Crippen LogP contribution is 2.17. The maximum atomic E-state index is 10.5. The van der Waals surface area contributed by atoms with Gasteiger partial charge in [-0.15, -0.1) is 0 Å². The van der Waals surface area contributed by atoms with Gasteiger partial charge in [-0.2, -0.15) is 11.3 Å². The lowest BCUT2D eigenvalue weighted by Gasteiger charge is -1.96. The molecule has 2 aromatic heterocycles. The minimum atomic E-state index is -1.01. The van der Waals surface area contributed by atoms with Crippen LogP contribution in [0, 0.1) is 0 Å². The van der Waals surface area contributed by atoms with Crippen LogP contribution in [0.5, 0.6) is 0 Å². The second-order valence-corrected chi connectivity index (χ2v) is 3.39. The Balaban J connectivity index is 2.36. The van der Waals surface area contributed by atoms with Crippen molar-refractivity contribution in [2.75, 3.05) is 0 Å². The number of carbonyl (C=O) groups is 1. The Bertz CT molecular complexity index is 436. The van der Waals surface area contributed by atoms with Crippen molar-refractivity contribution < 1.29 is 9.90 Å². The first-order valence-corrected chi connectivity index (χ1v) is 4.79. The van der Waals surface area contributed by atoms with Crippen molar-refractivity contribution in [1.29, 1.82) is 0 Å². The number of nitrogens with zero attached hydrogens (tertiary/aromatic N) is 2. The van der Waals surface area contributed by atoms with E-state index in [1.165, 1.54) is 12.4 Å².